The lowest BCUT2D eigenvalue weighted by atomic mass is 9.50. The molecule has 1 aromatic rings. The van der Waals surface area contributed by atoms with Crippen LogP contribution < -0.4 is 5.73 Å². The van der Waals surface area contributed by atoms with Crippen LogP contribution in [0.15, 0.2) is 18.5 Å². The van der Waals surface area contributed by atoms with Crippen LogP contribution >= 0.6 is 11.6 Å². The molecule has 0 radical (unpaired) electrons. The summed E-state index contributed by atoms with van der Waals surface area (Å²) in [5.41, 5.74) is 7.79. The Kier molecular flexibility index (Phi) is 3.27. The van der Waals surface area contributed by atoms with Crippen molar-refractivity contribution < 1.29 is 0 Å². The zero-order chi connectivity index (χ0) is 13.7. The Hall–Kier alpha value is -0.600. The molecule has 3 heteroatoms. The molecule has 20 heavy (non-hydrogen) atoms. The molecule has 0 amide bonds. The molecule has 4 aliphatic carbocycles. The van der Waals surface area contributed by atoms with Crippen molar-refractivity contribution in [2.24, 2.45) is 35.3 Å². The molecule has 0 saturated heterocycles. The molecule has 0 aromatic carbocycles. The quantitative estimate of drug-likeness (QED) is 0.922. The van der Waals surface area contributed by atoms with Crippen LogP contribution in [0.3, 0.4) is 0 Å². The highest BCUT2D eigenvalue weighted by Gasteiger charge is 2.49. The summed E-state index contributed by atoms with van der Waals surface area (Å²) in [7, 11) is 0. The lowest BCUT2D eigenvalue weighted by Gasteiger charge is -2.56. The van der Waals surface area contributed by atoms with E-state index in [-0.39, 0.29) is 6.04 Å². The average Bonchev–Trinajstić information content (AvgIpc) is 2.40. The van der Waals surface area contributed by atoms with Gasteiger partial charge in [-0.05, 0) is 79.7 Å². The van der Waals surface area contributed by atoms with Gasteiger partial charge in [-0.3, -0.25) is 4.98 Å². The summed E-state index contributed by atoms with van der Waals surface area (Å²) in [6, 6.07) is 2.29. The Balaban J connectivity index is 1.51. The predicted octanol–water partition coefficient (Wildman–Crippen LogP) is 3.68. The van der Waals surface area contributed by atoms with Gasteiger partial charge in [-0.25, -0.2) is 0 Å². The fourth-order valence-electron chi connectivity index (χ4n) is 5.63. The maximum atomic E-state index is 6.62. The van der Waals surface area contributed by atoms with E-state index in [1.54, 1.807) is 6.20 Å². The topological polar surface area (TPSA) is 38.9 Å². The van der Waals surface area contributed by atoms with Crippen LogP contribution in [0.2, 0.25) is 5.02 Å². The number of nitrogens with zero attached hydrogens (tertiary/aromatic N) is 1. The predicted molar refractivity (Wildman–Crippen MR) is 81.5 cm³/mol. The van der Waals surface area contributed by atoms with Gasteiger partial charge in [0.15, 0.2) is 0 Å². The summed E-state index contributed by atoms with van der Waals surface area (Å²) in [5.74, 6) is 4.55. The van der Waals surface area contributed by atoms with Crippen LogP contribution in [0.1, 0.15) is 37.7 Å². The molecule has 2 nitrogen and oxygen atoms in total. The van der Waals surface area contributed by atoms with Gasteiger partial charge < -0.3 is 5.73 Å². The van der Waals surface area contributed by atoms with Crippen molar-refractivity contribution in [2.75, 3.05) is 0 Å². The summed E-state index contributed by atoms with van der Waals surface area (Å²) in [5, 5.41) is 0.770. The zero-order valence-electron chi connectivity index (χ0n) is 11.8. The maximum Gasteiger partial charge on any atom is 0.0621 e. The number of aromatic nitrogens is 1. The number of hydrogen-bond acceptors (Lipinski definition) is 2. The minimum Gasteiger partial charge on any atom is -0.327 e. The highest BCUT2D eigenvalue weighted by molar-refractivity contribution is 6.31. The normalized spacial score (nSPS) is 40.0. The van der Waals surface area contributed by atoms with Crippen LogP contribution in [0.5, 0.6) is 0 Å². The third-order valence-corrected chi connectivity index (χ3v) is 6.45. The molecule has 4 fully saturated rings. The van der Waals surface area contributed by atoms with E-state index < -0.39 is 0 Å². The minimum atomic E-state index is 0.268. The van der Waals surface area contributed by atoms with Gasteiger partial charge in [0.1, 0.15) is 0 Å². The second-order valence-electron chi connectivity index (χ2n) is 7.34. The van der Waals surface area contributed by atoms with E-state index in [0.29, 0.717) is 0 Å². The lowest BCUT2D eigenvalue weighted by Crippen LogP contribution is -2.52. The first-order chi connectivity index (χ1) is 9.70. The molecule has 1 aromatic heterocycles. The van der Waals surface area contributed by atoms with Gasteiger partial charge in [0, 0.05) is 18.4 Å². The Morgan fingerprint density at radius 1 is 1.15 bits per heavy atom. The summed E-state index contributed by atoms with van der Waals surface area (Å²) >= 11 is 6.24. The van der Waals surface area contributed by atoms with E-state index in [9.17, 15) is 0 Å². The fourth-order valence-corrected chi connectivity index (χ4v) is 5.82. The number of rotatable bonds is 3. The van der Waals surface area contributed by atoms with E-state index >= 15 is 0 Å². The number of pyridine rings is 1. The standard InChI is InChI=1S/C17H23ClN2/c18-15-9-20-2-1-12(15)8-16(19)17-13-4-10-3-11(6-13)7-14(17)5-10/h1-2,9-11,13-14,16-17H,3-8,19H2. The molecule has 1 unspecified atom stereocenters. The van der Waals surface area contributed by atoms with Gasteiger partial charge in [0.25, 0.3) is 0 Å². The number of nitrogens with two attached hydrogens (primary N) is 1. The van der Waals surface area contributed by atoms with Crippen molar-refractivity contribution in [2.45, 2.75) is 44.6 Å². The highest BCUT2D eigenvalue weighted by Crippen LogP contribution is 2.57. The minimum absolute atomic E-state index is 0.268. The van der Waals surface area contributed by atoms with E-state index in [4.69, 9.17) is 17.3 Å². The van der Waals surface area contributed by atoms with Crippen LogP contribution in [0.4, 0.5) is 0 Å². The van der Waals surface area contributed by atoms with Crippen molar-refractivity contribution in [3.63, 3.8) is 0 Å². The Morgan fingerprint density at radius 2 is 1.80 bits per heavy atom. The maximum absolute atomic E-state index is 6.62. The average molecular weight is 291 g/mol. The van der Waals surface area contributed by atoms with E-state index in [2.05, 4.69) is 4.98 Å². The van der Waals surface area contributed by atoms with Crippen molar-refractivity contribution in [3.05, 3.63) is 29.0 Å². The van der Waals surface area contributed by atoms with Crippen LogP contribution in [-0.4, -0.2) is 11.0 Å². The van der Waals surface area contributed by atoms with E-state index in [1.165, 1.54) is 37.7 Å². The molecule has 1 heterocycles. The molecular formula is C17H23ClN2. The molecule has 1 atom stereocenters. The first kappa shape index (κ1) is 13.1. The lowest BCUT2D eigenvalue weighted by molar-refractivity contribution is -0.0464. The Labute approximate surface area is 126 Å². The molecule has 0 spiro atoms. The third kappa shape index (κ3) is 2.17. The SMILES string of the molecule is NC(Cc1ccncc1Cl)C1C2CC3CC(C2)CC1C3. The van der Waals surface area contributed by atoms with Gasteiger partial charge in [0.2, 0.25) is 0 Å². The zero-order valence-corrected chi connectivity index (χ0v) is 12.6. The fraction of sp³-hybridized carbons (Fsp3) is 0.706. The number of halogens is 1. The summed E-state index contributed by atoms with van der Waals surface area (Å²) in [6.07, 6.45) is 11.7. The molecule has 4 aliphatic rings. The molecule has 108 valence electrons. The van der Waals surface area contributed by atoms with Gasteiger partial charge in [-0.1, -0.05) is 11.6 Å². The Morgan fingerprint density at radius 3 is 2.40 bits per heavy atom. The van der Waals surface area contributed by atoms with E-state index in [0.717, 1.165) is 41.0 Å². The van der Waals surface area contributed by atoms with Crippen molar-refractivity contribution in [1.29, 1.82) is 0 Å². The van der Waals surface area contributed by atoms with Crippen LogP contribution in [0.25, 0.3) is 0 Å². The van der Waals surface area contributed by atoms with Gasteiger partial charge in [0.05, 0.1) is 5.02 Å². The smallest absolute Gasteiger partial charge is 0.0621 e. The first-order valence-corrected chi connectivity index (χ1v) is 8.42. The van der Waals surface area contributed by atoms with E-state index in [1.807, 2.05) is 12.3 Å². The van der Waals surface area contributed by atoms with Crippen molar-refractivity contribution >= 4 is 11.6 Å². The second-order valence-corrected chi connectivity index (χ2v) is 7.75. The monoisotopic (exact) mass is 290 g/mol. The Bertz CT molecular complexity index is 474. The number of hydrogen-bond donors (Lipinski definition) is 1. The first-order valence-electron chi connectivity index (χ1n) is 8.04. The van der Waals surface area contributed by atoms with Gasteiger partial charge in [-0.2, -0.15) is 0 Å². The summed E-state index contributed by atoms with van der Waals surface area (Å²) < 4.78 is 0. The summed E-state index contributed by atoms with van der Waals surface area (Å²) in [6.45, 7) is 0. The molecule has 4 saturated carbocycles. The van der Waals surface area contributed by atoms with Crippen molar-refractivity contribution in [3.8, 4) is 0 Å². The third-order valence-electron chi connectivity index (χ3n) is 6.11. The van der Waals surface area contributed by atoms with Crippen LogP contribution in [-0.2, 0) is 6.42 Å². The molecule has 5 rings (SSSR count). The molecule has 2 N–H and O–H groups in total. The van der Waals surface area contributed by atoms with Crippen molar-refractivity contribution in [1.82, 2.24) is 4.98 Å². The summed E-state index contributed by atoms with van der Waals surface area (Å²) in [4.78, 5) is 4.06. The molecular weight excluding hydrogens is 268 g/mol. The van der Waals surface area contributed by atoms with Gasteiger partial charge in [-0.15, -0.1) is 0 Å². The largest absolute Gasteiger partial charge is 0.327 e. The van der Waals surface area contributed by atoms with Crippen LogP contribution in [0, 0.1) is 29.6 Å². The second kappa shape index (κ2) is 4.99. The molecule has 0 aliphatic heterocycles. The van der Waals surface area contributed by atoms with Gasteiger partial charge >= 0.3 is 0 Å². The molecule has 4 bridgehead atoms. The highest BCUT2D eigenvalue weighted by atomic mass is 35.5.